The van der Waals surface area contributed by atoms with E-state index in [2.05, 4.69) is 51.7 Å². The maximum atomic E-state index is 10.8. The molecule has 0 aliphatic heterocycles. The molecule has 0 saturated heterocycles. The van der Waals surface area contributed by atoms with E-state index in [0.717, 1.165) is 30.4 Å². The Morgan fingerprint density at radius 3 is 2.58 bits per heavy atom. The summed E-state index contributed by atoms with van der Waals surface area (Å²) in [5.74, 6) is 1.74. The summed E-state index contributed by atoms with van der Waals surface area (Å²) in [5, 5.41) is 31.1. The number of hydrogen-bond acceptors (Lipinski definition) is 3. The van der Waals surface area contributed by atoms with Gasteiger partial charge in [0.15, 0.2) is 0 Å². The lowest BCUT2D eigenvalue weighted by Crippen LogP contribution is -2.35. The number of aliphatic hydroxyl groups excluding tert-OH is 3. The van der Waals surface area contributed by atoms with Crippen molar-refractivity contribution >= 4 is 0 Å². The van der Waals surface area contributed by atoms with Gasteiger partial charge in [-0.3, -0.25) is 0 Å². The Labute approximate surface area is 201 Å². The highest BCUT2D eigenvalue weighted by Gasteiger charge is 2.51. The minimum atomic E-state index is -0.624. The summed E-state index contributed by atoms with van der Waals surface area (Å²) in [6, 6.07) is 0. The van der Waals surface area contributed by atoms with Crippen LogP contribution in [0, 0.1) is 28.6 Å². The summed E-state index contributed by atoms with van der Waals surface area (Å²) in [6.45, 7) is 11.2. The molecule has 3 N–H and O–H groups in total. The predicted molar refractivity (Wildman–Crippen MR) is 136 cm³/mol. The van der Waals surface area contributed by atoms with Crippen LogP contribution in [0.15, 0.2) is 47.6 Å². The van der Waals surface area contributed by atoms with Crippen LogP contribution in [0.5, 0.6) is 0 Å². The van der Waals surface area contributed by atoms with Crippen molar-refractivity contribution in [3.8, 4) is 0 Å². The molecule has 4 aliphatic rings. The van der Waals surface area contributed by atoms with E-state index in [1.165, 1.54) is 44.1 Å². The Balaban J connectivity index is 1.46. The molecule has 4 saturated carbocycles. The molecule has 3 heteroatoms. The van der Waals surface area contributed by atoms with Crippen molar-refractivity contribution in [3.63, 3.8) is 0 Å². The molecule has 0 spiro atoms. The number of allylic oxidation sites excluding steroid dienone is 4. The van der Waals surface area contributed by atoms with Gasteiger partial charge in [0.2, 0.25) is 0 Å². The average Bonchev–Trinajstić information content (AvgIpc) is 3.47. The first-order chi connectivity index (χ1) is 15.7. The van der Waals surface area contributed by atoms with Crippen LogP contribution >= 0.6 is 0 Å². The first-order valence-corrected chi connectivity index (χ1v) is 13.5. The molecule has 184 valence electrons. The van der Waals surface area contributed by atoms with E-state index in [9.17, 15) is 15.3 Å². The fourth-order valence-corrected chi connectivity index (χ4v) is 7.58. The molecule has 33 heavy (non-hydrogen) atoms. The van der Waals surface area contributed by atoms with Gasteiger partial charge >= 0.3 is 0 Å². The van der Waals surface area contributed by atoms with Gasteiger partial charge in [0.05, 0.1) is 18.3 Å². The SMILES string of the molecule is C=C1/C(=C\C=C2/CCC[C@]3(C)[C@@H]([C@H](C)/C=C/[C@@H](O)C4(CCC)CC4)CC[C@@H]23)C[C@@H](O)C[C@@H]1O. The molecule has 0 bridgehead atoms. The van der Waals surface area contributed by atoms with E-state index in [0.29, 0.717) is 36.0 Å². The normalized spacial score (nSPS) is 40.4. The second-order valence-corrected chi connectivity index (χ2v) is 12.0. The lowest BCUT2D eigenvalue weighted by Gasteiger charge is -2.44. The summed E-state index contributed by atoms with van der Waals surface area (Å²) in [7, 11) is 0. The standard InChI is InChI=1S/C30H46O3/c1-5-14-30(16-17-30)28(33)13-8-20(2)25-11-12-26-22(7-6-15-29(25,26)4)9-10-23-18-24(31)19-27(32)21(23)3/h8-10,13,20,24-28,31-33H,3,5-7,11-12,14-19H2,1-2,4H3/b13-8+,22-9+,23-10-/t20-,24-,25-,26+,27+,28-,29-/m1/s1. The summed E-state index contributed by atoms with van der Waals surface area (Å²) in [5.41, 5.74) is 3.79. The number of rotatable bonds is 7. The van der Waals surface area contributed by atoms with Gasteiger partial charge < -0.3 is 15.3 Å². The molecule has 0 radical (unpaired) electrons. The molecular formula is C30H46O3. The molecule has 0 aromatic rings. The molecular weight excluding hydrogens is 408 g/mol. The quantitative estimate of drug-likeness (QED) is 0.398. The fourth-order valence-electron chi connectivity index (χ4n) is 7.58. The Morgan fingerprint density at radius 2 is 1.88 bits per heavy atom. The van der Waals surface area contributed by atoms with Gasteiger partial charge in [-0.2, -0.15) is 0 Å². The predicted octanol–water partition coefficient (Wildman–Crippen LogP) is 6.26. The molecule has 4 fully saturated rings. The number of hydrogen-bond donors (Lipinski definition) is 3. The molecule has 0 aromatic heterocycles. The van der Waals surface area contributed by atoms with Gasteiger partial charge in [0.1, 0.15) is 0 Å². The van der Waals surface area contributed by atoms with E-state index in [1.54, 1.807) is 0 Å². The van der Waals surface area contributed by atoms with Crippen LogP contribution < -0.4 is 0 Å². The Kier molecular flexibility index (Phi) is 7.44. The topological polar surface area (TPSA) is 60.7 Å². The van der Waals surface area contributed by atoms with Crippen molar-refractivity contribution in [2.24, 2.45) is 28.6 Å². The summed E-state index contributed by atoms with van der Waals surface area (Å²) in [4.78, 5) is 0. The van der Waals surface area contributed by atoms with E-state index in [4.69, 9.17) is 0 Å². The maximum Gasteiger partial charge on any atom is 0.0811 e. The van der Waals surface area contributed by atoms with E-state index in [1.807, 2.05) is 0 Å². The third-order valence-electron chi connectivity index (χ3n) is 9.80. The molecule has 7 atom stereocenters. The zero-order valence-corrected chi connectivity index (χ0v) is 21.1. The minimum Gasteiger partial charge on any atom is -0.393 e. The van der Waals surface area contributed by atoms with Crippen LogP contribution in [0.2, 0.25) is 0 Å². The van der Waals surface area contributed by atoms with Gasteiger partial charge in [0.25, 0.3) is 0 Å². The smallest absolute Gasteiger partial charge is 0.0811 e. The number of aliphatic hydroxyl groups is 3. The molecule has 0 amide bonds. The third-order valence-corrected chi connectivity index (χ3v) is 9.80. The fraction of sp³-hybridized carbons (Fsp3) is 0.733. The largest absolute Gasteiger partial charge is 0.393 e. The van der Waals surface area contributed by atoms with Gasteiger partial charge in [-0.1, -0.05) is 63.6 Å². The number of fused-ring (bicyclic) bond motifs is 1. The zero-order chi connectivity index (χ0) is 23.8. The zero-order valence-electron chi connectivity index (χ0n) is 21.1. The first-order valence-electron chi connectivity index (χ1n) is 13.5. The van der Waals surface area contributed by atoms with Gasteiger partial charge in [-0.25, -0.2) is 0 Å². The summed E-state index contributed by atoms with van der Waals surface area (Å²) >= 11 is 0. The van der Waals surface area contributed by atoms with Crippen LogP contribution in [0.1, 0.15) is 91.4 Å². The Morgan fingerprint density at radius 1 is 1.12 bits per heavy atom. The monoisotopic (exact) mass is 454 g/mol. The lowest BCUT2D eigenvalue weighted by atomic mass is 9.61. The van der Waals surface area contributed by atoms with Crippen LogP contribution in [-0.2, 0) is 0 Å². The van der Waals surface area contributed by atoms with Crippen molar-refractivity contribution in [2.75, 3.05) is 0 Å². The summed E-state index contributed by atoms with van der Waals surface area (Å²) in [6.07, 6.45) is 19.3. The Hall–Kier alpha value is -1.16. The highest BCUT2D eigenvalue weighted by Crippen LogP contribution is 2.60. The van der Waals surface area contributed by atoms with E-state index >= 15 is 0 Å². The maximum absolute atomic E-state index is 10.8. The Bertz CT molecular complexity index is 816. The van der Waals surface area contributed by atoms with Crippen LogP contribution in [0.25, 0.3) is 0 Å². The van der Waals surface area contributed by atoms with E-state index < -0.39 is 12.2 Å². The van der Waals surface area contributed by atoms with E-state index in [-0.39, 0.29) is 11.5 Å². The van der Waals surface area contributed by atoms with Crippen molar-refractivity contribution in [1.29, 1.82) is 0 Å². The molecule has 4 rings (SSSR count). The summed E-state index contributed by atoms with van der Waals surface area (Å²) < 4.78 is 0. The third kappa shape index (κ3) is 4.97. The van der Waals surface area contributed by atoms with Crippen molar-refractivity contribution < 1.29 is 15.3 Å². The molecule has 4 aliphatic carbocycles. The molecule has 0 unspecified atom stereocenters. The molecule has 0 heterocycles. The second-order valence-electron chi connectivity index (χ2n) is 12.0. The van der Waals surface area contributed by atoms with Gasteiger partial charge in [0, 0.05) is 6.42 Å². The van der Waals surface area contributed by atoms with Crippen molar-refractivity contribution in [2.45, 2.75) is 110 Å². The van der Waals surface area contributed by atoms with Crippen LogP contribution in [0.3, 0.4) is 0 Å². The lowest BCUT2D eigenvalue weighted by molar-refractivity contribution is 0.0862. The first kappa shape index (κ1) is 24.9. The minimum absolute atomic E-state index is 0.172. The second kappa shape index (κ2) is 9.84. The molecule has 0 aromatic carbocycles. The van der Waals surface area contributed by atoms with Gasteiger partial charge in [-0.15, -0.1) is 0 Å². The van der Waals surface area contributed by atoms with Crippen molar-refractivity contribution in [3.05, 3.63) is 47.6 Å². The highest BCUT2D eigenvalue weighted by atomic mass is 16.3. The van der Waals surface area contributed by atoms with Crippen LogP contribution in [-0.4, -0.2) is 33.6 Å². The van der Waals surface area contributed by atoms with Crippen LogP contribution in [0.4, 0.5) is 0 Å². The average molecular weight is 455 g/mol. The van der Waals surface area contributed by atoms with Crippen molar-refractivity contribution in [1.82, 2.24) is 0 Å². The highest BCUT2D eigenvalue weighted by molar-refractivity contribution is 5.38. The van der Waals surface area contributed by atoms with Gasteiger partial charge in [-0.05, 0) is 97.5 Å². The molecule has 3 nitrogen and oxygen atoms in total.